The molecule has 1 aliphatic carbocycles. The Balaban J connectivity index is 1.34. The average molecular weight is 479 g/mol. The van der Waals surface area contributed by atoms with Crippen LogP contribution in [0.2, 0.25) is 0 Å². The molecule has 34 heavy (non-hydrogen) atoms. The van der Waals surface area contributed by atoms with E-state index in [1.807, 2.05) is 36.1 Å². The van der Waals surface area contributed by atoms with Crippen LogP contribution in [-0.4, -0.2) is 47.4 Å². The van der Waals surface area contributed by atoms with Gasteiger partial charge in [0, 0.05) is 23.0 Å². The molecule has 5 nitrogen and oxygen atoms in total. The van der Waals surface area contributed by atoms with Crippen molar-refractivity contribution in [2.75, 3.05) is 19.7 Å². The quantitative estimate of drug-likeness (QED) is 0.480. The Morgan fingerprint density at radius 3 is 2.68 bits per heavy atom. The highest BCUT2D eigenvalue weighted by Crippen LogP contribution is 2.35. The largest absolute Gasteiger partial charge is 0.491 e. The van der Waals surface area contributed by atoms with Gasteiger partial charge in [-0.3, -0.25) is 9.59 Å². The number of carbonyl (C=O) groups is 2. The third-order valence-corrected chi connectivity index (χ3v) is 7.47. The molecule has 0 spiro atoms. The maximum absolute atomic E-state index is 13.7. The minimum Gasteiger partial charge on any atom is -0.491 e. The van der Waals surface area contributed by atoms with Gasteiger partial charge in [-0.05, 0) is 73.5 Å². The zero-order valence-corrected chi connectivity index (χ0v) is 19.9. The fraction of sp³-hybridized carbons (Fsp3) is 0.333. The molecule has 3 aromatic rings. The van der Waals surface area contributed by atoms with Crippen molar-refractivity contribution in [1.29, 1.82) is 0 Å². The van der Waals surface area contributed by atoms with E-state index in [1.54, 1.807) is 22.3 Å². The molecule has 1 saturated carbocycles. The Labute approximate surface area is 202 Å². The van der Waals surface area contributed by atoms with Crippen molar-refractivity contribution in [3.8, 4) is 5.75 Å². The summed E-state index contributed by atoms with van der Waals surface area (Å²) in [6, 6.07) is 15.4. The van der Waals surface area contributed by atoms with Crippen molar-refractivity contribution >= 4 is 23.2 Å². The molecule has 5 rings (SSSR count). The summed E-state index contributed by atoms with van der Waals surface area (Å²) in [7, 11) is 0. The summed E-state index contributed by atoms with van der Waals surface area (Å²) >= 11 is 1.71. The zero-order valence-electron chi connectivity index (χ0n) is 19.1. The number of hydrogen-bond acceptors (Lipinski definition) is 4. The molecule has 176 valence electrons. The molecule has 0 bridgehead atoms. The van der Waals surface area contributed by atoms with Crippen LogP contribution in [0.25, 0.3) is 0 Å². The molecule has 0 unspecified atom stereocenters. The summed E-state index contributed by atoms with van der Waals surface area (Å²) in [4.78, 5) is 31.4. The molecule has 0 saturated heterocycles. The minimum absolute atomic E-state index is 0.0134. The molecule has 2 heterocycles. The van der Waals surface area contributed by atoms with Crippen molar-refractivity contribution in [1.82, 2.24) is 9.80 Å². The molecule has 1 aromatic heterocycles. The molecule has 7 heteroatoms. The minimum atomic E-state index is -0.456. The van der Waals surface area contributed by atoms with Crippen LogP contribution in [0, 0.1) is 12.7 Å². The van der Waals surface area contributed by atoms with Crippen LogP contribution in [0.15, 0.2) is 60.0 Å². The van der Waals surface area contributed by atoms with E-state index in [9.17, 15) is 14.0 Å². The Hall–Kier alpha value is -3.19. The van der Waals surface area contributed by atoms with Gasteiger partial charge in [0.1, 0.15) is 24.7 Å². The number of thiophene rings is 1. The maximum Gasteiger partial charge on any atom is 0.254 e. The van der Waals surface area contributed by atoms with E-state index in [0.29, 0.717) is 13.2 Å². The zero-order chi connectivity index (χ0) is 23.7. The van der Waals surface area contributed by atoms with Crippen LogP contribution >= 0.6 is 11.3 Å². The maximum atomic E-state index is 13.7. The highest BCUT2D eigenvalue weighted by atomic mass is 32.1. The first-order chi connectivity index (χ1) is 16.5. The number of ether oxygens (including phenoxy) is 1. The third-order valence-electron chi connectivity index (χ3n) is 6.47. The van der Waals surface area contributed by atoms with Crippen LogP contribution in [-0.2, 0) is 11.2 Å². The van der Waals surface area contributed by atoms with Crippen molar-refractivity contribution in [3.05, 3.63) is 87.4 Å². The monoisotopic (exact) mass is 478 g/mol. The topological polar surface area (TPSA) is 49.9 Å². The lowest BCUT2D eigenvalue weighted by Crippen LogP contribution is -2.48. The fourth-order valence-corrected chi connectivity index (χ4v) is 5.39. The highest BCUT2D eigenvalue weighted by molar-refractivity contribution is 7.10. The van der Waals surface area contributed by atoms with E-state index in [1.165, 1.54) is 23.1 Å². The van der Waals surface area contributed by atoms with Crippen molar-refractivity contribution < 1.29 is 18.7 Å². The van der Waals surface area contributed by atoms with E-state index in [4.69, 9.17) is 4.74 Å². The van der Waals surface area contributed by atoms with E-state index >= 15 is 0 Å². The van der Waals surface area contributed by atoms with Crippen molar-refractivity contribution in [3.63, 3.8) is 0 Å². The SMILES string of the molecule is Cc1ccc(OC[C@H]2c3ccsc3CCN2C(=O)CN(C(=O)c2cccc(F)c2)C2CC2)cc1. The van der Waals surface area contributed by atoms with Crippen molar-refractivity contribution in [2.24, 2.45) is 0 Å². The van der Waals surface area contributed by atoms with Gasteiger partial charge in [-0.1, -0.05) is 23.8 Å². The van der Waals surface area contributed by atoms with Gasteiger partial charge in [-0.2, -0.15) is 0 Å². The van der Waals surface area contributed by atoms with Gasteiger partial charge in [0.15, 0.2) is 0 Å². The summed E-state index contributed by atoms with van der Waals surface area (Å²) < 4.78 is 19.8. The molecule has 2 amide bonds. The molecule has 1 atom stereocenters. The number of benzene rings is 2. The van der Waals surface area contributed by atoms with E-state index < -0.39 is 5.82 Å². The van der Waals surface area contributed by atoms with E-state index in [0.717, 1.165) is 36.1 Å². The molecular weight excluding hydrogens is 451 g/mol. The summed E-state index contributed by atoms with van der Waals surface area (Å²) in [6.45, 7) is 2.95. The van der Waals surface area contributed by atoms with Gasteiger partial charge in [0.2, 0.25) is 5.91 Å². The predicted molar refractivity (Wildman–Crippen MR) is 130 cm³/mol. The summed E-state index contributed by atoms with van der Waals surface area (Å²) in [5, 5.41) is 2.06. The molecule has 2 aromatic carbocycles. The van der Waals surface area contributed by atoms with Crippen LogP contribution in [0.3, 0.4) is 0 Å². The summed E-state index contributed by atoms with van der Waals surface area (Å²) in [5.74, 6) is -0.0921. The number of carbonyl (C=O) groups excluding carboxylic acids is 2. The van der Waals surface area contributed by atoms with Gasteiger partial charge in [-0.15, -0.1) is 11.3 Å². The number of halogens is 1. The number of rotatable bonds is 7. The smallest absolute Gasteiger partial charge is 0.254 e. The second kappa shape index (κ2) is 9.58. The van der Waals surface area contributed by atoms with Crippen LogP contribution in [0.4, 0.5) is 4.39 Å². The van der Waals surface area contributed by atoms with Gasteiger partial charge in [0.25, 0.3) is 5.91 Å². The first kappa shape index (κ1) is 22.6. The lowest BCUT2D eigenvalue weighted by atomic mass is 10.0. The summed E-state index contributed by atoms with van der Waals surface area (Å²) in [6.07, 6.45) is 2.52. The summed E-state index contributed by atoms with van der Waals surface area (Å²) in [5.41, 5.74) is 2.55. The Morgan fingerprint density at radius 2 is 1.94 bits per heavy atom. The third kappa shape index (κ3) is 4.85. The number of hydrogen-bond donors (Lipinski definition) is 0. The van der Waals surface area contributed by atoms with Crippen molar-refractivity contribution in [2.45, 2.75) is 38.3 Å². The van der Waals surface area contributed by atoms with Crippen LogP contribution in [0.1, 0.15) is 45.2 Å². The molecule has 2 aliphatic rings. The van der Waals surface area contributed by atoms with Gasteiger partial charge < -0.3 is 14.5 Å². The first-order valence-corrected chi connectivity index (χ1v) is 12.5. The predicted octanol–water partition coefficient (Wildman–Crippen LogP) is 5.01. The van der Waals surface area contributed by atoms with Crippen LogP contribution in [0.5, 0.6) is 5.75 Å². The first-order valence-electron chi connectivity index (χ1n) is 11.6. The number of nitrogens with zero attached hydrogens (tertiary/aromatic N) is 2. The van der Waals surface area contributed by atoms with Gasteiger partial charge in [-0.25, -0.2) is 4.39 Å². The molecule has 1 aliphatic heterocycles. The standard InChI is InChI=1S/C27H27FN2O3S/c1-18-5-9-22(10-6-18)33-17-24-23-12-14-34-25(23)11-13-29(24)26(31)16-30(21-7-8-21)27(32)19-3-2-4-20(28)15-19/h2-6,9-10,12,14-15,21,24H,7-8,11,13,16-17H2,1H3/t24-/m0/s1. The van der Waals surface area contributed by atoms with E-state index in [-0.39, 0.29) is 36.0 Å². The lowest BCUT2D eigenvalue weighted by Gasteiger charge is -2.37. The number of fused-ring (bicyclic) bond motifs is 1. The Bertz CT molecular complexity index is 1190. The second-order valence-electron chi connectivity index (χ2n) is 8.95. The fourth-order valence-electron chi connectivity index (χ4n) is 4.46. The van der Waals surface area contributed by atoms with Gasteiger partial charge in [0.05, 0.1) is 6.04 Å². The average Bonchev–Trinajstić information content (AvgIpc) is 3.57. The second-order valence-corrected chi connectivity index (χ2v) is 9.95. The number of aryl methyl sites for hydroxylation is 1. The molecular formula is C27H27FN2O3S. The van der Waals surface area contributed by atoms with Gasteiger partial charge >= 0.3 is 0 Å². The lowest BCUT2D eigenvalue weighted by molar-refractivity contribution is -0.135. The Kier molecular flexibility index (Phi) is 6.37. The normalized spacial score (nSPS) is 17.2. The molecule has 1 fully saturated rings. The van der Waals surface area contributed by atoms with Crippen LogP contribution < -0.4 is 4.74 Å². The molecule has 0 N–H and O–H groups in total. The Morgan fingerprint density at radius 1 is 1.15 bits per heavy atom. The molecule has 0 radical (unpaired) electrons. The number of amides is 2. The van der Waals surface area contributed by atoms with E-state index in [2.05, 4.69) is 11.4 Å². The highest BCUT2D eigenvalue weighted by Gasteiger charge is 2.38.